The number of hydrogen-bond donors (Lipinski definition) is 1. The Morgan fingerprint density at radius 2 is 2.18 bits per heavy atom. The Labute approximate surface area is 104 Å². The quantitative estimate of drug-likeness (QED) is 0.823. The van der Waals surface area contributed by atoms with Gasteiger partial charge >= 0.3 is 0 Å². The van der Waals surface area contributed by atoms with E-state index in [0.717, 1.165) is 24.8 Å². The summed E-state index contributed by atoms with van der Waals surface area (Å²) in [5, 5.41) is 3.60. The molecular formula is C14H24N2O. The van der Waals surface area contributed by atoms with E-state index in [4.69, 9.17) is 4.42 Å². The summed E-state index contributed by atoms with van der Waals surface area (Å²) < 4.78 is 5.50. The maximum absolute atomic E-state index is 5.50. The number of likely N-dealkylation sites (N-methyl/N-ethyl adjacent to an activating group) is 1. The van der Waals surface area contributed by atoms with Crippen molar-refractivity contribution in [1.29, 1.82) is 0 Å². The van der Waals surface area contributed by atoms with Crippen LogP contribution in [0.5, 0.6) is 0 Å². The van der Waals surface area contributed by atoms with E-state index >= 15 is 0 Å². The van der Waals surface area contributed by atoms with Crippen molar-refractivity contribution in [3.63, 3.8) is 0 Å². The first kappa shape index (κ1) is 12.7. The summed E-state index contributed by atoms with van der Waals surface area (Å²) in [6.45, 7) is 2.13. The molecule has 96 valence electrons. The highest BCUT2D eigenvalue weighted by Gasteiger charge is 2.18. The van der Waals surface area contributed by atoms with E-state index in [1.165, 1.54) is 25.7 Å². The maximum Gasteiger partial charge on any atom is 0.122 e. The summed E-state index contributed by atoms with van der Waals surface area (Å²) in [6, 6.07) is 4.36. The molecule has 0 saturated heterocycles. The molecule has 0 radical (unpaired) electrons. The average Bonchev–Trinajstić information content (AvgIpc) is 2.96. The van der Waals surface area contributed by atoms with Gasteiger partial charge in [0, 0.05) is 6.54 Å². The first-order chi connectivity index (χ1) is 8.27. The van der Waals surface area contributed by atoms with E-state index in [0.29, 0.717) is 6.04 Å². The van der Waals surface area contributed by atoms with Gasteiger partial charge < -0.3 is 9.73 Å². The highest BCUT2D eigenvalue weighted by atomic mass is 16.3. The van der Waals surface area contributed by atoms with Gasteiger partial charge in [-0.1, -0.05) is 12.8 Å². The Bertz CT molecular complexity index is 302. The molecule has 2 rings (SSSR count). The van der Waals surface area contributed by atoms with E-state index in [2.05, 4.69) is 30.4 Å². The second-order valence-electron chi connectivity index (χ2n) is 5.30. The molecule has 1 aromatic rings. The topological polar surface area (TPSA) is 28.4 Å². The monoisotopic (exact) mass is 236 g/mol. The molecule has 1 saturated carbocycles. The second-order valence-corrected chi connectivity index (χ2v) is 5.30. The molecule has 1 unspecified atom stereocenters. The minimum Gasteiger partial charge on any atom is -0.468 e. The first-order valence-corrected chi connectivity index (χ1v) is 6.68. The zero-order valence-electron chi connectivity index (χ0n) is 11.0. The Hall–Kier alpha value is -0.800. The molecule has 1 heterocycles. The van der Waals surface area contributed by atoms with Crippen molar-refractivity contribution in [2.75, 3.05) is 27.2 Å². The molecule has 3 heteroatoms. The van der Waals surface area contributed by atoms with Gasteiger partial charge in [0.25, 0.3) is 0 Å². The van der Waals surface area contributed by atoms with Crippen LogP contribution < -0.4 is 5.32 Å². The maximum atomic E-state index is 5.50. The van der Waals surface area contributed by atoms with Crippen LogP contribution in [0.4, 0.5) is 0 Å². The van der Waals surface area contributed by atoms with Crippen LogP contribution in [0.15, 0.2) is 22.8 Å². The molecule has 1 aromatic heterocycles. The summed E-state index contributed by atoms with van der Waals surface area (Å²) in [7, 11) is 4.20. The molecule has 0 bridgehead atoms. The molecule has 1 aliphatic rings. The van der Waals surface area contributed by atoms with Crippen LogP contribution in [0.1, 0.15) is 37.5 Å². The number of nitrogens with zero attached hydrogens (tertiary/aromatic N) is 1. The lowest BCUT2D eigenvalue weighted by atomic mass is 10.1. The van der Waals surface area contributed by atoms with Crippen molar-refractivity contribution in [2.45, 2.75) is 31.7 Å². The fourth-order valence-corrected chi connectivity index (χ4v) is 2.66. The normalized spacial score (nSPS) is 19.0. The average molecular weight is 236 g/mol. The number of hydrogen-bond acceptors (Lipinski definition) is 3. The molecule has 0 amide bonds. The zero-order chi connectivity index (χ0) is 12.1. The van der Waals surface area contributed by atoms with Crippen LogP contribution in [-0.4, -0.2) is 32.1 Å². The van der Waals surface area contributed by atoms with Crippen molar-refractivity contribution in [1.82, 2.24) is 10.2 Å². The molecule has 0 spiro atoms. The van der Waals surface area contributed by atoms with Crippen molar-refractivity contribution in [3.8, 4) is 0 Å². The summed E-state index contributed by atoms with van der Waals surface area (Å²) in [4.78, 5) is 2.21. The fourth-order valence-electron chi connectivity index (χ4n) is 2.66. The highest BCUT2D eigenvalue weighted by Crippen LogP contribution is 2.24. The molecule has 0 aliphatic heterocycles. The SMILES string of the molecule is CN(C)C(CNCC1CCCC1)c1ccco1. The van der Waals surface area contributed by atoms with Gasteiger partial charge in [-0.2, -0.15) is 0 Å². The van der Waals surface area contributed by atoms with Gasteiger partial charge in [0.15, 0.2) is 0 Å². The van der Waals surface area contributed by atoms with Gasteiger partial charge in [-0.05, 0) is 51.5 Å². The van der Waals surface area contributed by atoms with Gasteiger partial charge in [0.1, 0.15) is 5.76 Å². The predicted octanol–water partition coefficient (Wildman–Crippen LogP) is 2.66. The van der Waals surface area contributed by atoms with Gasteiger partial charge in [-0.3, -0.25) is 4.90 Å². The molecule has 17 heavy (non-hydrogen) atoms. The number of furan rings is 1. The second kappa shape index (κ2) is 6.22. The first-order valence-electron chi connectivity index (χ1n) is 6.68. The van der Waals surface area contributed by atoms with E-state index < -0.39 is 0 Å². The lowest BCUT2D eigenvalue weighted by molar-refractivity contribution is 0.247. The Morgan fingerprint density at radius 3 is 2.76 bits per heavy atom. The van der Waals surface area contributed by atoms with Crippen molar-refractivity contribution in [3.05, 3.63) is 24.2 Å². The van der Waals surface area contributed by atoms with E-state index in [-0.39, 0.29) is 0 Å². The third-order valence-electron chi connectivity index (χ3n) is 3.74. The zero-order valence-corrected chi connectivity index (χ0v) is 11.0. The minimum absolute atomic E-state index is 0.339. The lowest BCUT2D eigenvalue weighted by Gasteiger charge is -2.23. The van der Waals surface area contributed by atoms with Crippen LogP contribution in [-0.2, 0) is 0 Å². The fraction of sp³-hybridized carbons (Fsp3) is 0.714. The van der Waals surface area contributed by atoms with E-state index in [1.807, 2.05) is 6.07 Å². The number of rotatable bonds is 6. The smallest absolute Gasteiger partial charge is 0.122 e. The molecule has 0 aromatic carbocycles. The molecular weight excluding hydrogens is 212 g/mol. The van der Waals surface area contributed by atoms with Crippen LogP contribution in [0.25, 0.3) is 0 Å². The van der Waals surface area contributed by atoms with Gasteiger partial charge in [-0.25, -0.2) is 0 Å². The van der Waals surface area contributed by atoms with Gasteiger partial charge in [0.05, 0.1) is 12.3 Å². The van der Waals surface area contributed by atoms with Crippen LogP contribution in [0.3, 0.4) is 0 Å². The van der Waals surface area contributed by atoms with Crippen molar-refractivity contribution < 1.29 is 4.42 Å². The van der Waals surface area contributed by atoms with E-state index in [9.17, 15) is 0 Å². The predicted molar refractivity (Wildman–Crippen MR) is 70.0 cm³/mol. The summed E-state index contributed by atoms with van der Waals surface area (Å²) in [6.07, 6.45) is 7.40. The number of nitrogens with one attached hydrogen (secondary N) is 1. The Balaban J connectivity index is 1.78. The standard InChI is InChI=1S/C14H24N2O/c1-16(2)13(14-8-5-9-17-14)11-15-10-12-6-3-4-7-12/h5,8-9,12-13,15H,3-4,6-7,10-11H2,1-2H3. The molecule has 3 nitrogen and oxygen atoms in total. The van der Waals surface area contributed by atoms with Crippen molar-refractivity contribution >= 4 is 0 Å². The largest absolute Gasteiger partial charge is 0.468 e. The summed E-state index contributed by atoms with van der Waals surface area (Å²) in [5.41, 5.74) is 0. The van der Waals surface area contributed by atoms with E-state index in [1.54, 1.807) is 6.26 Å². The van der Waals surface area contributed by atoms with Crippen LogP contribution in [0, 0.1) is 5.92 Å². The third-order valence-corrected chi connectivity index (χ3v) is 3.74. The summed E-state index contributed by atoms with van der Waals surface area (Å²) in [5.74, 6) is 1.95. The lowest BCUT2D eigenvalue weighted by Crippen LogP contribution is -2.33. The Morgan fingerprint density at radius 1 is 1.41 bits per heavy atom. The third kappa shape index (κ3) is 3.58. The van der Waals surface area contributed by atoms with Gasteiger partial charge in [-0.15, -0.1) is 0 Å². The molecule has 1 aliphatic carbocycles. The van der Waals surface area contributed by atoms with Gasteiger partial charge in [0.2, 0.25) is 0 Å². The van der Waals surface area contributed by atoms with Crippen LogP contribution in [0.2, 0.25) is 0 Å². The van der Waals surface area contributed by atoms with Crippen molar-refractivity contribution in [2.24, 2.45) is 5.92 Å². The van der Waals surface area contributed by atoms with Crippen LogP contribution >= 0.6 is 0 Å². The Kier molecular flexibility index (Phi) is 4.63. The molecule has 1 atom stereocenters. The molecule has 1 fully saturated rings. The molecule has 1 N–H and O–H groups in total. The highest BCUT2D eigenvalue weighted by molar-refractivity contribution is 5.04. The minimum atomic E-state index is 0.339. The summed E-state index contributed by atoms with van der Waals surface area (Å²) >= 11 is 0.